The molecule has 3 N–H and O–H groups in total. The molecule has 1 atom stereocenters. The monoisotopic (exact) mass is 454 g/mol. The minimum atomic E-state index is 0.394. The molecule has 0 amide bonds. The Bertz CT molecular complexity index is 852. The Morgan fingerprint density at radius 3 is 2.58 bits per heavy atom. The van der Waals surface area contributed by atoms with Gasteiger partial charge in [0, 0.05) is 62.8 Å². The summed E-state index contributed by atoms with van der Waals surface area (Å²) >= 11 is 0. The maximum absolute atomic E-state index is 5.45. The summed E-state index contributed by atoms with van der Waals surface area (Å²) in [6, 6.07) is 7.52. The van der Waals surface area contributed by atoms with E-state index in [-0.39, 0.29) is 0 Å². The van der Waals surface area contributed by atoms with Crippen LogP contribution in [0.4, 0.5) is 11.6 Å². The molecule has 8 nitrogen and oxygen atoms in total. The van der Waals surface area contributed by atoms with E-state index in [1.54, 1.807) is 13.4 Å². The third-order valence-electron chi connectivity index (χ3n) is 6.65. The Morgan fingerprint density at radius 1 is 1.00 bits per heavy atom. The van der Waals surface area contributed by atoms with Crippen molar-refractivity contribution in [3.8, 4) is 11.3 Å². The van der Waals surface area contributed by atoms with E-state index in [0.717, 1.165) is 87.8 Å². The van der Waals surface area contributed by atoms with E-state index in [0.29, 0.717) is 24.0 Å². The average Bonchev–Trinajstić information content (AvgIpc) is 2.85. The van der Waals surface area contributed by atoms with E-state index in [2.05, 4.69) is 43.9 Å². The predicted molar refractivity (Wildman–Crippen MR) is 131 cm³/mol. The van der Waals surface area contributed by atoms with Gasteiger partial charge in [0.15, 0.2) is 0 Å². The molecule has 4 rings (SSSR count). The minimum Gasteiger partial charge on any atom is -0.383 e. The molecule has 0 radical (unpaired) electrons. The van der Waals surface area contributed by atoms with Crippen molar-refractivity contribution in [2.24, 2.45) is 5.92 Å². The molecule has 1 aliphatic carbocycles. The molecule has 2 aromatic heterocycles. The molecular weight excluding hydrogens is 416 g/mol. The van der Waals surface area contributed by atoms with Crippen LogP contribution in [0.1, 0.15) is 45.4 Å². The van der Waals surface area contributed by atoms with Gasteiger partial charge in [-0.1, -0.05) is 0 Å². The Balaban J connectivity index is 1.30. The molecule has 1 saturated heterocycles. The van der Waals surface area contributed by atoms with Crippen molar-refractivity contribution >= 4 is 11.6 Å². The van der Waals surface area contributed by atoms with Crippen molar-refractivity contribution in [3.63, 3.8) is 0 Å². The summed E-state index contributed by atoms with van der Waals surface area (Å²) in [5.74, 6) is 2.42. The van der Waals surface area contributed by atoms with E-state index in [1.807, 2.05) is 18.3 Å². The maximum atomic E-state index is 5.45. The van der Waals surface area contributed by atoms with Gasteiger partial charge in [-0.3, -0.25) is 0 Å². The van der Waals surface area contributed by atoms with Gasteiger partial charge >= 0.3 is 0 Å². The summed E-state index contributed by atoms with van der Waals surface area (Å²) in [6.45, 7) is 5.59. The zero-order chi connectivity index (χ0) is 22.9. The second kappa shape index (κ2) is 12.3. The molecule has 0 spiro atoms. The smallest absolute Gasteiger partial charge is 0.130 e. The first-order chi connectivity index (χ1) is 16.2. The van der Waals surface area contributed by atoms with Crippen LogP contribution in [0.3, 0.4) is 0 Å². The van der Waals surface area contributed by atoms with Crippen LogP contribution < -0.4 is 16.0 Å². The first-order valence-electron chi connectivity index (χ1n) is 12.3. The second-order valence-electron chi connectivity index (χ2n) is 9.37. The maximum Gasteiger partial charge on any atom is 0.130 e. The molecule has 2 aliphatic rings. The van der Waals surface area contributed by atoms with E-state index in [1.165, 1.54) is 0 Å². The van der Waals surface area contributed by atoms with Crippen molar-refractivity contribution in [1.29, 1.82) is 0 Å². The summed E-state index contributed by atoms with van der Waals surface area (Å²) in [5, 5.41) is 10.8. The molecule has 8 heteroatoms. The van der Waals surface area contributed by atoms with Crippen LogP contribution in [-0.4, -0.2) is 66.6 Å². The van der Waals surface area contributed by atoms with Crippen LogP contribution in [0.2, 0.25) is 0 Å². The molecule has 3 heterocycles. The van der Waals surface area contributed by atoms with E-state index >= 15 is 0 Å². The van der Waals surface area contributed by atoms with Gasteiger partial charge in [-0.15, -0.1) is 0 Å². The van der Waals surface area contributed by atoms with Crippen LogP contribution >= 0.6 is 0 Å². The first-order valence-corrected chi connectivity index (χ1v) is 12.3. The van der Waals surface area contributed by atoms with Crippen molar-refractivity contribution in [1.82, 2.24) is 20.3 Å². The normalized spacial score (nSPS) is 22.6. The average molecular weight is 455 g/mol. The van der Waals surface area contributed by atoms with Crippen molar-refractivity contribution < 1.29 is 9.47 Å². The minimum absolute atomic E-state index is 0.394. The van der Waals surface area contributed by atoms with Crippen molar-refractivity contribution in [3.05, 3.63) is 30.7 Å². The quantitative estimate of drug-likeness (QED) is 0.500. The number of pyridine rings is 1. The Morgan fingerprint density at radius 2 is 1.79 bits per heavy atom. The summed E-state index contributed by atoms with van der Waals surface area (Å²) in [6.07, 6.45) is 10.3. The van der Waals surface area contributed by atoms with Crippen molar-refractivity contribution in [2.75, 3.05) is 44.1 Å². The molecule has 2 fully saturated rings. The molecular formula is C25H38N6O2. The van der Waals surface area contributed by atoms with Gasteiger partial charge in [0.05, 0.1) is 12.3 Å². The summed E-state index contributed by atoms with van der Waals surface area (Å²) in [5.41, 5.74) is 1.96. The van der Waals surface area contributed by atoms with Crippen LogP contribution in [0.25, 0.3) is 11.3 Å². The highest BCUT2D eigenvalue weighted by molar-refractivity contribution is 5.65. The first kappa shape index (κ1) is 23.9. The fourth-order valence-electron chi connectivity index (χ4n) is 4.79. The largest absolute Gasteiger partial charge is 0.383 e. The number of ether oxygens (including phenoxy) is 2. The number of nitrogens with zero attached hydrogens (tertiary/aromatic N) is 3. The van der Waals surface area contributed by atoms with Crippen LogP contribution in [0.5, 0.6) is 0 Å². The summed E-state index contributed by atoms with van der Waals surface area (Å²) < 4.78 is 10.7. The molecule has 1 unspecified atom stereocenters. The lowest BCUT2D eigenvalue weighted by atomic mass is 9.90. The van der Waals surface area contributed by atoms with Gasteiger partial charge in [-0.25, -0.2) is 15.0 Å². The Labute approximate surface area is 197 Å². The third kappa shape index (κ3) is 7.35. The lowest BCUT2D eigenvalue weighted by Crippen LogP contribution is -2.42. The highest BCUT2D eigenvalue weighted by atomic mass is 16.5. The van der Waals surface area contributed by atoms with Crippen LogP contribution in [0, 0.1) is 5.92 Å². The molecule has 1 saturated carbocycles. The van der Waals surface area contributed by atoms with Gasteiger partial charge in [-0.05, 0) is 63.5 Å². The lowest BCUT2D eigenvalue weighted by molar-refractivity contribution is 0.0699. The van der Waals surface area contributed by atoms with Crippen LogP contribution in [0.15, 0.2) is 30.7 Å². The molecule has 0 bridgehead atoms. The second-order valence-corrected chi connectivity index (χ2v) is 9.37. The standard InChI is InChI=1S/C25H38N6O2/c1-18(16-32-2)30-21-3-5-22(6-4-21)31-25-14-23(28-17-29-25)20-7-10-26-24(13-20)27-15-19-8-11-33-12-9-19/h7,10,13-14,17-19,21-22,30H,3-6,8-9,11-12,15-16H2,1-2H3,(H,26,27)(H,28,29,31). The zero-order valence-corrected chi connectivity index (χ0v) is 19.9. The zero-order valence-electron chi connectivity index (χ0n) is 19.9. The predicted octanol–water partition coefficient (Wildman–Crippen LogP) is 3.72. The number of rotatable bonds is 10. The lowest BCUT2D eigenvalue weighted by Gasteiger charge is -2.31. The molecule has 2 aromatic rings. The fraction of sp³-hybridized carbons (Fsp3) is 0.640. The SMILES string of the molecule is COCC(C)NC1CCC(Nc2cc(-c3ccnc(NCC4CCOCC4)c3)ncn2)CC1. The van der Waals surface area contributed by atoms with E-state index in [9.17, 15) is 0 Å². The number of anilines is 2. The Kier molecular flexibility index (Phi) is 8.86. The Hall–Kier alpha value is -2.29. The van der Waals surface area contributed by atoms with Crippen molar-refractivity contribution in [2.45, 2.75) is 63.6 Å². The third-order valence-corrected chi connectivity index (χ3v) is 6.65. The number of nitrogens with one attached hydrogen (secondary N) is 3. The van der Waals surface area contributed by atoms with Gasteiger partial charge in [0.1, 0.15) is 18.0 Å². The molecule has 33 heavy (non-hydrogen) atoms. The molecule has 180 valence electrons. The van der Waals surface area contributed by atoms with E-state index in [4.69, 9.17) is 9.47 Å². The number of hydrogen-bond acceptors (Lipinski definition) is 8. The topological polar surface area (TPSA) is 93.2 Å². The van der Waals surface area contributed by atoms with Gasteiger partial charge in [-0.2, -0.15) is 0 Å². The number of hydrogen-bond donors (Lipinski definition) is 3. The van der Waals surface area contributed by atoms with Crippen LogP contribution in [-0.2, 0) is 9.47 Å². The number of aromatic nitrogens is 3. The number of methoxy groups -OCH3 is 1. The molecule has 0 aromatic carbocycles. The van der Waals surface area contributed by atoms with Gasteiger partial charge in [0.2, 0.25) is 0 Å². The fourth-order valence-corrected chi connectivity index (χ4v) is 4.79. The summed E-state index contributed by atoms with van der Waals surface area (Å²) in [4.78, 5) is 13.5. The van der Waals surface area contributed by atoms with Gasteiger partial charge < -0.3 is 25.4 Å². The summed E-state index contributed by atoms with van der Waals surface area (Å²) in [7, 11) is 1.76. The highest BCUT2D eigenvalue weighted by Gasteiger charge is 2.22. The van der Waals surface area contributed by atoms with Gasteiger partial charge in [0.25, 0.3) is 0 Å². The highest BCUT2D eigenvalue weighted by Crippen LogP contribution is 2.25. The van der Waals surface area contributed by atoms with E-state index < -0.39 is 0 Å². The molecule has 1 aliphatic heterocycles.